The zero-order valence-corrected chi connectivity index (χ0v) is 12.6. The van der Waals surface area contributed by atoms with Gasteiger partial charge in [-0.2, -0.15) is 0 Å². The SMILES string of the molecule is COc1ccccc1C[C@H](C)N(C)C(=O)[C@H]1C[C@@H]1C(=O)O. The average Bonchev–Trinajstić information content (AvgIpc) is 3.26. The molecule has 114 valence electrons. The van der Waals surface area contributed by atoms with E-state index in [-0.39, 0.29) is 17.9 Å². The number of ether oxygens (including phenoxy) is 1. The predicted molar refractivity (Wildman–Crippen MR) is 78.2 cm³/mol. The van der Waals surface area contributed by atoms with Crippen LogP contribution in [-0.4, -0.2) is 42.1 Å². The minimum absolute atomic E-state index is 0.0103. The van der Waals surface area contributed by atoms with E-state index >= 15 is 0 Å². The third-order valence-corrected chi connectivity index (χ3v) is 4.14. The second kappa shape index (κ2) is 6.16. The number of hydrogen-bond acceptors (Lipinski definition) is 3. The summed E-state index contributed by atoms with van der Waals surface area (Å²) in [5, 5.41) is 8.91. The highest BCUT2D eigenvalue weighted by Gasteiger charge is 2.49. The van der Waals surface area contributed by atoms with Gasteiger partial charge in [-0.25, -0.2) is 0 Å². The van der Waals surface area contributed by atoms with Crippen LogP contribution in [0.1, 0.15) is 18.9 Å². The Labute approximate surface area is 124 Å². The molecule has 1 aliphatic rings. The van der Waals surface area contributed by atoms with Gasteiger partial charge in [-0.15, -0.1) is 0 Å². The standard InChI is InChI=1S/C16H21NO4/c1-10(8-11-6-4-5-7-14(11)21-3)17(2)15(18)12-9-13(12)16(19)20/h4-7,10,12-13H,8-9H2,1-3H3,(H,19,20)/t10-,12-,13-/m0/s1. The van der Waals surface area contributed by atoms with Gasteiger partial charge < -0.3 is 14.7 Å². The fourth-order valence-electron chi connectivity index (χ4n) is 2.55. The summed E-state index contributed by atoms with van der Waals surface area (Å²) in [6, 6.07) is 7.71. The summed E-state index contributed by atoms with van der Waals surface area (Å²) in [4.78, 5) is 24.7. The summed E-state index contributed by atoms with van der Waals surface area (Å²) in [6.45, 7) is 1.96. The Bertz CT molecular complexity index is 543. The highest BCUT2D eigenvalue weighted by Crippen LogP contribution is 2.40. The molecule has 1 saturated carbocycles. The molecule has 0 aliphatic heterocycles. The molecule has 5 heteroatoms. The minimum Gasteiger partial charge on any atom is -0.496 e. The number of carbonyl (C=O) groups is 2. The first-order chi connectivity index (χ1) is 9.95. The molecular weight excluding hydrogens is 270 g/mol. The molecule has 0 aromatic heterocycles. The number of para-hydroxylation sites is 1. The molecule has 0 heterocycles. The first kappa shape index (κ1) is 15.4. The van der Waals surface area contributed by atoms with Gasteiger partial charge in [-0.1, -0.05) is 18.2 Å². The van der Waals surface area contributed by atoms with Crippen molar-refractivity contribution in [2.75, 3.05) is 14.2 Å². The van der Waals surface area contributed by atoms with E-state index in [9.17, 15) is 9.59 Å². The summed E-state index contributed by atoms with van der Waals surface area (Å²) < 4.78 is 5.31. The smallest absolute Gasteiger partial charge is 0.307 e. The van der Waals surface area contributed by atoms with Crippen molar-refractivity contribution in [1.29, 1.82) is 0 Å². The second-order valence-electron chi connectivity index (χ2n) is 5.60. The summed E-state index contributed by atoms with van der Waals surface area (Å²) in [6.07, 6.45) is 1.14. The van der Waals surface area contributed by atoms with Crippen LogP contribution in [0.15, 0.2) is 24.3 Å². The zero-order chi connectivity index (χ0) is 15.6. The van der Waals surface area contributed by atoms with Crippen LogP contribution in [0, 0.1) is 11.8 Å². The van der Waals surface area contributed by atoms with Gasteiger partial charge in [0, 0.05) is 13.1 Å². The number of nitrogens with zero attached hydrogens (tertiary/aromatic N) is 1. The maximum Gasteiger partial charge on any atom is 0.307 e. The molecule has 3 atom stereocenters. The Morgan fingerprint density at radius 1 is 1.38 bits per heavy atom. The van der Waals surface area contributed by atoms with Gasteiger partial charge in [0.1, 0.15) is 5.75 Å². The van der Waals surface area contributed by atoms with Crippen LogP contribution >= 0.6 is 0 Å². The number of carboxylic acid groups (broad SMARTS) is 1. The lowest BCUT2D eigenvalue weighted by Crippen LogP contribution is -2.38. The fraction of sp³-hybridized carbons (Fsp3) is 0.500. The van der Waals surface area contributed by atoms with Gasteiger partial charge >= 0.3 is 5.97 Å². The van der Waals surface area contributed by atoms with Gasteiger partial charge in [0.15, 0.2) is 0 Å². The Balaban J connectivity index is 1.98. The van der Waals surface area contributed by atoms with Crippen molar-refractivity contribution in [3.8, 4) is 5.75 Å². The lowest BCUT2D eigenvalue weighted by atomic mass is 10.0. The van der Waals surface area contributed by atoms with Crippen LogP contribution in [-0.2, 0) is 16.0 Å². The number of carbonyl (C=O) groups excluding carboxylic acids is 1. The van der Waals surface area contributed by atoms with Crippen molar-refractivity contribution in [2.24, 2.45) is 11.8 Å². The van der Waals surface area contributed by atoms with Crippen molar-refractivity contribution in [2.45, 2.75) is 25.8 Å². The maximum absolute atomic E-state index is 12.2. The molecule has 0 spiro atoms. The van der Waals surface area contributed by atoms with E-state index in [1.54, 1.807) is 19.1 Å². The number of benzene rings is 1. The molecule has 0 radical (unpaired) electrons. The average molecular weight is 291 g/mol. The van der Waals surface area contributed by atoms with Gasteiger partial charge in [-0.3, -0.25) is 9.59 Å². The van der Waals surface area contributed by atoms with Crippen molar-refractivity contribution < 1.29 is 19.4 Å². The highest BCUT2D eigenvalue weighted by atomic mass is 16.5. The second-order valence-corrected chi connectivity index (χ2v) is 5.60. The number of methoxy groups -OCH3 is 1. The number of rotatable bonds is 6. The molecule has 1 amide bonds. The first-order valence-corrected chi connectivity index (χ1v) is 7.07. The van der Waals surface area contributed by atoms with Crippen molar-refractivity contribution in [3.63, 3.8) is 0 Å². The van der Waals surface area contributed by atoms with Gasteiger partial charge in [0.05, 0.1) is 18.9 Å². The third kappa shape index (κ3) is 3.35. The molecule has 1 aromatic carbocycles. The largest absolute Gasteiger partial charge is 0.496 e. The third-order valence-electron chi connectivity index (χ3n) is 4.14. The molecule has 1 aromatic rings. The van der Waals surface area contributed by atoms with Gasteiger partial charge in [0.25, 0.3) is 0 Å². The lowest BCUT2D eigenvalue weighted by molar-refractivity contribution is -0.142. The number of aliphatic carboxylic acids is 1. The van der Waals surface area contributed by atoms with Crippen LogP contribution in [0.3, 0.4) is 0 Å². The van der Waals surface area contributed by atoms with E-state index in [0.29, 0.717) is 12.8 Å². The molecule has 0 saturated heterocycles. The Morgan fingerprint density at radius 3 is 2.62 bits per heavy atom. The van der Waals surface area contributed by atoms with E-state index in [4.69, 9.17) is 9.84 Å². The molecule has 0 unspecified atom stereocenters. The van der Waals surface area contributed by atoms with Crippen molar-refractivity contribution in [3.05, 3.63) is 29.8 Å². The normalized spacial score (nSPS) is 21.5. The zero-order valence-electron chi connectivity index (χ0n) is 12.6. The molecule has 0 bridgehead atoms. The fourth-order valence-corrected chi connectivity index (χ4v) is 2.55. The topological polar surface area (TPSA) is 66.8 Å². The molecule has 21 heavy (non-hydrogen) atoms. The molecular formula is C16H21NO4. The molecule has 5 nitrogen and oxygen atoms in total. The summed E-state index contributed by atoms with van der Waals surface area (Å²) >= 11 is 0. The molecule has 1 aliphatic carbocycles. The summed E-state index contributed by atoms with van der Waals surface area (Å²) in [5.41, 5.74) is 1.04. The van der Waals surface area contributed by atoms with Crippen LogP contribution in [0.5, 0.6) is 5.75 Å². The number of carboxylic acids is 1. The van der Waals surface area contributed by atoms with Crippen LogP contribution in [0.4, 0.5) is 0 Å². The van der Waals surface area contributed by atoms with E-state index in [1.165, 1.54) is 0 Å². The summed E-state index contributed by atoms with van der Waals surface area (Å²) in [5.74, 6) is -1.00. The molecule has 1 fully saturated rings. The lowest BCUT2D eigenvalue weighted by Gasteiger charge is -2.26. The van der Waals surface area contributed by atoms with E-state index in [1.807, 2.05) is 31.2 Å². The van der Waals surface area contributed by atoms with Gasteiger partial charge in [-0.05, 0) is 31.4 Å². The van der Waals surface area contributed by atoms with E-state index in [2.05, 4.69) is 0 Å². The van der Waals surface area contributed by atoms with Crippen LogP contribution in [0.25, 0.3) is 0 Å². The Hall–Kier alpha value is -2.04. The van der Waals surface area contributed by atoms with Crippen LogP contribution < -0.4 is 4.74 Å². The molecule has 1 N–H and O–H groups in total. The first-order valence-electron chi connectivity index (χ1n) is 7.07. The maximum atomic E-state index is 12.2. The van der Waals surface area contributed by atoms with Crippen molar-refractivity contribution in [1.82, 2.24) is 4.90 Å². The molecule has 2 rings (SSSR count). The monoisotopic (exact) mass is 291 g/mol. The number of hydrogen-bond donors (Lipinski definition) is 1. The Morgan fingerprint density at radius 2 is 2.05 bits per heavy atom. The number of likely N-dealkylation sites (N-methyl/N-ethyl adjacent to an activating group) is 1. The predicted octanol–water partition coefficient (Wildman–Crippen LogP) is 1.81. The Kier molecular flexibility index (Phi) is 4.50. The summed E-state index contributed by atoms with van der Waals surface area (Å²) in [7, 11) is 3.36. The van der Waals surface area contributed by atoms with Gasteiger partial charge in [0.2, 0.25) is 5.91 Å². The van der Waals surface area contributed by atoms with E-state index < -0.39 is 11.9 Å². The van der Waals surface area contributed by atoms with E-state index in [0.717, 1.165) is 11.3 Å². The highest BCUT2D eigenvalue weighted by molar-refractivity contribution is 5.89. The quantitative estimate of drug-likeness (QED) is 0.868. The number of amides is 1. The van der Waals surface area contributed by atoms with Crippen LogP contribution in [0.2, 0.25) is 0 Å². The minimum atomic E-state index is -0.876. The van der Waals surface area contributed by atoms with Crippen molar-refractivity contribution >= 4 is 11.9 Å².